The molecule has 4 nitrogen and oxygen atoms in total. The summed E-state index contributed by atoms with van der Waals surface area (Å²) in [5.74, 6) is 0.508. The topological polar surface area (TPSA) is 38.9 Å². The molecule has 1 aliphatic rings. The summed E-state index contributed by atoms with van der Waals surface area (Å²) in [7, 11) is 0. The van der Waals surface area contributed by atoms with Crippen molar-refractivity contribution in [3.05, 3.63) is 36.5 Å². The van der Waals surface area contributed by atoms with Crippen molar-refractivity contribution in [2.75, 3.05) is 0 Å². The van der Waals surface area contributed by atoms with Gasteiger partial charge in [0.2, 0.25) is 0 Å². The molecular formula is C12H8F3N3O. The van der Waals surface area contributed by atoms with Crippen LogP contribution in [0.15, 0.2) is 46.8 Å². The Bertz CT molecular complexity index is 629. The van der Waals surface area contributed by atoms with E-state index in [2.05, 4.69) is 15.0 Å². The lowest BCUT2D eigenvalue weighted by Gasteiger charge is -2.08. The maximum atomic E-state index is 12.0. The first-order chi connectivity index (χ1) is 9.01. The summed E-state index contributed by atoms with van der Waals surface area (Å²) in [5, 5.41) is 7.77. The van der Waals surface area contributed by atoms with Gasteiger partial charge in [0.1, 0.15) is 12.4 Å². The van der Waals surface area contributed by atoms with Gasteiger partial charge in [0.15, 0.2) is 5.82 Å². The first-order valence-corrected chi connectivity index (χ1v) is 5.45. The molecule has 0 saturated heterocycles. The van der Waals surface area contributed by atoms with Crippen LogP contribution in [0, 0.1) is 0 Å². The number of alkyl halides is 3. The lowest BCUT2D eigenvalue weighted by atomic mass is 10.1. The molecule has 7 heteroatoms. The van der Waals surface area contributed by atoms with Crippen molar-refractivity contribution in [3.8, 4) is 16.9 Å². The average Bonchev–Trinajstić information content (AvgIpc) is 2.87. The van der Waals surface area contributed by atoms with Crippen LogP contribution in [-0.4, -0.2) is 10.9 Å². The number of ether oxygens (including phenoxy) is 1. The summed E-state index contributed by atoms with van der Waals surface area (Å²) in [6.07, 6.45) is -2.81. The van der Waals surface area contributed by atoms with Gasteiger partial charge in [-0.2, -0.15) is 5.11 Å². The molecule has 0 unspecified atom stereocenters. The van der Waals surface area contributed by atoms with Crippen LogP contribution in [0.5, 0.6) is 5.75 Å². The molecule has 2 aromatic rings. The number of nitrogens with zero attached hydrogens (tertiary/aromatic N) is 3. The van der Waals surface area contributed by atoms with Gasteiger partial charge in [0.05, 0.1) is 0 Å². The molecule has 1 aromatic heterocycles. The van der Waals surface area contributed by atoms with Crippen LogP contribution in [0.3, 0.4) is 0 Å². The van der Waals surface area contributed by atoms with Crippen LogP contribution in [0.25, 0.3) is 11.1 Å². The third-order valence-electron chi connectivity index (χ3n) is 2.68. The molecule has 19 heavy (non-hydrogen) atoms. The van der Waals surface area contributed by atoms with Gasteiger partial charge in [0, 0.05) is 11.8 Å². The van der Waals surface area contributed by atoms with Crippen molar-refractivity contribution >= 4 is 5.82 Å². The van der Waals surface area contributed by atoms with E-state index in [1.807, 2.05) is 16.8 Å². The molecule has 0 amide bonds. The van der Waals surface area contributed by atoms with Crippen molar-refractivity contribution in [2.24, 2.45) is 10.2 Å². The summed E-state index contributed by atoms with van der Waals surface area (Å²) in [6.45, 7) is 0.477. The number of aromatic nitrogens is 1. The minimum Gasteiger partial charge on any atom is -0.406 e. The van der Waals surface area contributed by atoms with Crippen molar-refractivity contribution < 1.29 is 17.9 Å². The summed E-state index contributed by atoms with van der Waals surface area (Å²) < 4.78 is 41.8. The highest BCUT2D eigenvalue weighted by atomic mass is 19.4. The Kier molecular flexibility index (Phi) is 2.55. The Labute approximate surface area is 106 Å². The Morgan fingerprint density at radius 3 is 2.47 bits per heavy atom. The molecule has 0 atom stereocenters. The van der Waals surface area contributed by atoms with E-state index < -0.39 is 6.36 Å². The zero-order valence-corrected chi connectivity index (χ0v) is 9.55. The highest BCUT2D eigenvalue weighted by Gasteiger charge is 2.30. The van der Waals surface area contributed by atoms with Gasteiger partial charge in [0.25, 0.3) is 0 Å². The second kappa shape index (κ2) is 4.11. The molecule has 0 fully saturated rings. The first kappa shape index (κ1) is 11.8. The van der Waals surface area contributed by atoms with Gasteiger partial charge in [-0.25, -0.2) is 0 Å². The maximum Gasteiger partial charge on any atom is 0.573 e. The van der Waals surface area contributed by atoms with E-state index in [4.69, 9.17) is 0 Å². The number of hydrogen-bond acceptors (Lipinski definition) is 3. The number of halogens is 3. The molecule has 0 spiro atoms. The lowest BCUT2D eigenvalue weighted by Crippen LogP contribution is -2.16. The van der Waals surface area contributed by atoms with Gasteiger partial charge < -0.3 is 9.30 Å². The molecule has 98 valence electrons. The summed E-state index contributed by atoms with van der Waals surface area (Å²) in [4.78, 5) is 0. The summed E-state index contributed by atoms with van der Waals surface area (Å²) in [5.41, 5.74) is 1.68. The zero-order valence-electron chi connectivity index (χ0n) is 9.55. The van der Waals surface area contributed by atoms with E-state index in [1.165, 1.54) is 12.1 Å². The third-order valence-corrected chi connectivity index (χ3v) is 2.68. The van der Waals surface area contributed by atoms with Crippen molar-refractivity contribution in [1.82, 2.24) is 4.57 Å². The van der Waals surface area contributed by atoms with Crippen LogP contribution < -0.4 is 4.74 Å². The van der Waals surface area contributed by atoms with Crippen LogP contribution in [0.2, 0.25) is 0 Å². The summed E-state index contributed by atoms with van der Waals surface area (Å²) >= 11 is 0. The molecule has 3 rings (SSSR count). The zero-order chi connectivity index (χ0) is 13.5. The predicted octanol–water partition coefficient (Wildman–Crippen LogP) is 4.11. The first-order valence-electron chi connectivity index (χ1n) is 5.45. The summed E-state index contributed by atoms with van der Waals surface area (Å²) in [6, 6.07) is 7.54. The molecule has 1 aliphatic heterocycles. The van der Waals surface area contributed by atoms with E-state index in [0.717, 1.165) is 16.9 Å². The molecule has 0 bridgehead atoms. The molecule has 0 N–H and O–H groups in total. The lowest BCUT2D eigenvalue weighted by molar-refractivity contribution is -0.274. The predicted molar refractivity (Wildman–Crippen MR) is 61.1 cm³/mol. The Morgan fingerprint density at radius 1 is 1.11 bits per heavy atom. The number of azo groups is 1. The van der Waals surface area contributed by atoms with Crippen molar-refractivity contribution in [3.63, 3.8) is 0 Å². The minimum atomic E-state index is -4.67. The number of rotatable bonds is 2. The SMILES string of the molecule is FC(F)(F)Oc1ccc(-c2cc3n(c2)CN=N3)cc1. The van der Waals surface area contributed by atoms with Crippen LogP contribution in [0.1, 0.15) is 0 Å². The van der Waals surface area contributed by atoms with Gasteiger partial charge in [-0.1, -0.05) is 12.1 Å². The highest BCUT2D eigenvalue weighted by Crippen LogP contribution is 2.31. The molecule has 1 aromatic carbocycles. The van der Waals surface area contributed by atoms with E-state index in [0.29, 0.717) is 6.67 Å². The highest BCUT2D eigenvalue weighted by molar-refractivity contribution is 5.67. The smallest absolute Gasteiger partial charge is 0.406 e. The normalized spacial score (nSPS) is 13.6. The van der Waals surface area contributed by atoms with E-state index >= 15 is 0 Å². The van der Waals surface area contributed by atoms with E-state index in [-0.39, 0.29) is 5.75 Å². The molecular weight excluding hydrogens is 259 g/mol. The maximum absolute atomic E-state index is 12.0. The fourth-order valence-electron chi connectivity index (χ4n) is 1.87. The monoisotopic (exact) mass is 267 g/mol. The van der Waals surface area contributed by atoms with Crippen molar-refractivity contribution in [2.45, 2.75) is 13.0 Å². The fourth-order valence-corrected chi connectivity index (χ4v) is 1.87. The standard InChI is InChI=1S/C12H8F3N3O/c13-12(14,15)19-10-3-1-8(2-4-10)9-5-11-17-16-7-18(11)6-9/h1-6H,7H2. The van der Waals surface area contributed by atoms with Crippen molar-refractivity contribution in [1.29, 1.82) is 0 Å². The van der Waals surface area contributed by atoms with Crippen LogP contribution >= 0.6 is 0 Å². The fraction of sp³-hybridized carbons (Fsp3) is 0.167. The molecule has 0 saturated carbocycles. The largest absolute Gasteiger partial charge is 0.573 e. The third kappa shape index (κ3) is 2.44. The van der Waals surface area contributed by atoms with Gasteiger partial charge in [-0.3, -0.25) is 0 Å². The molecule has 2 heterocycles. The van der Waals surface area contributed by atoms with Crippen LogP contribution in [0.4, 0.5) is 19.0 Å². The number of benzene rings is 1. The number of hydrogen-bond donors (Lipinski definition) is 0. The second-order valence-electron chi connectivity index (χ2n) is 4.01. The van der Waals surface area contributed by atoms with Gasteiger partial charge in [-0.15, -0.1) is 18.3 Å². The minimum absolute atomic E-state index is 0.234. The second-order valence-corrected chi connectivity index (χ2v) is 4.01. The van der Waals surface area contributed by atoms with E-state index in [9.17, 15) is 13.2 Å². The molecule has 0 radical (unpaired) electrons. The Morgan fingerprint density at radius 2 is 1.84 bits per heavy atom. The average molecular weight is 267 g/mol. The van der Waals surface area contributed by atoms with Gasteiger partial charge >= 0.3 is 6.36 Å². The Hall–Kier alpha value is -2.31. The Balaban J connectivity index is 1.84. The van der Waals surface area contributed by atoms with Crippen LogP contribution in [-0.2, 0) is 6.67 Å². The molecule has 0 aliphatic carbocycles. The number of fused-ring (bicyclic) bond motifs is 1. The van der Waals surface area contributed by atoms with E-state index in [1.54, 1.807) is 12.1 Å². The quantitative estimate of drug-likeness (QED) is 0.807. The van der Waals surface area contributed by atoms with Gasteiger partial charge in [-0.05, 0) is 23.8 Å².